The van der Waals surface area contributed by atoms with Gasteiger partial charge < -0.3 is 20.8 Å². The topological polar surface area (TPSA) is 113 Å². The summed E-state index contributed by atoms with van der Waals surface area (Å²) in [5.41, 5.74) is 7.20. The highest BCUT2D eigenvalue weighted by atomic mass is 31.2. The number of amides is 1. The van der Waals surface area contributed by atoms with E-state index in [9.17, 15) is 13.8 Å². The molecule has 0 bridgehead atoms. The first-order valence-electron chi connectivity index (χ1n) is 9.08. The number of unbranched alkanes of at least 4 members (excludes halogenated alkanes) is 5. The van der Waals surface area contributed by atoms with Gasteiger partial charge in [-0.2, -0.15) is 0 Å². The minimum Gasteiger partial charge on any atom is -0.325 e. The Labute approximate surface area is 154 Å². The number of alkyl halides is 1. The highest BCUT2D eigenvalue weighted by Gasteiger charge is 2.32. The second-order valence-electron chi connectivity index (χ2n) is 6.57. The summed E-state index contributed by atoms with van der Waals surface area (Å²) in [4.78, 5) is 29.3. The first-order chi connectivity index (χ1) is 12.2. The van der Waals surface area contributed by atoms with Crippen molar-refractivity contribution in [3.63, 3.8) is 0 Å². The molecule has 1 amide bonds. The fraction of sp³-hybridized carbons (Fsp3) is 0.611. The van der Waals surface area contributed by atoms with Crippen molar-refractivity contribution in [2.45, 2.75) is 70.2 Å². The Hall–Kier alpha value is -1.27. The summed E-state index contributed by atoms with van der Waals surface area (Å²) in [7, 11) is -4.89. The van der Waals surface area contributed by atoms with Crippen molar-refractivity contribution in [3.05, 3.63) is 29.8 Å². The van der Waals surface area contributed by atoms with E-state index in [1.165, 1.54) is 37.7 Å². The number of rotatable bonds is 12. The number of carbonyl (C=O) groups is 1. The summed E-state index contributed by atoms with van der Waals surface area (Å²) in [6.45, 7) is 2.20. The van der Waals surface area contributed by atoms with E-state index in [4.69, 9.17) is 15.5 Å². The van der Waals surface area contributed by atoms with Crippen LogP contribution in [-0.2, 0) is 15.8 Å². The highest BCUT2D eigenvalue weighted by Crippen LogP contribution is 2.44. The van der Waals surface area contributed by atoms with Crippen molar-refractivity contribution >= 4 is 19.2 Å². The lowest BCUT2D eigenvalue weighted by Gasteiger charge is -2.16. The van der Waals surface area contributed by atoms with Crippen LogP contribution in [0.25, 0.3) is 0 Å². The fourth-order valence-electron chi connectivity index (χ4n) is 2.55. The van der Waals surface area contributed by atoms with Gasteiger partial charge in [0.15, 0.2) is 0 Å². The number of nitrogens with one attached hydrogen (secondary N) is 1. The lowest BCUT2D eigenvalue weighted by Crippen LogP contribution is -2.37. The van der Waals surface area contributed by atoms with Crippen LogP contribution in [0.3, 0.4) is 0 Å². The Morgan fingerprint density at radius 3 is 2.31 bits per heavy atom. The molecule has 0 aliphatic rings. The third-order valence-corrected chi connectivity index (χ3v) is 5.13. The average molecular weight is 388 g/mol. The molecular weight excluding hydrogens is 358 g/mol. The zero-order chi connectivity index (χ0) is 19.6. The number of halogens is 1. The molecule has 0 aliphatic heterocycles. The predicted octanol–water partition coefficient (Wildman–Crippen LogP) is 3.72. The second kappa shape index (κ2) is 11.4. The number of aryl methyl sites for hydroxylation is 1. The number of hydrogen-bond acceptors (Lipinski definition) is 3. The van der Waals surface area contributed by atoms with Crippen LogP contribution in [0.4, 0.5) is 10.1 Å². The normalized spacial score (nSPS) is 14.0. The summed E-state index contributed by atoms with van der Waals surface area (Å²) in [6, 6.07) is 5.99. The summed E-state index contributed by atoms with van der Waals surface area (Å²) in [5.74, 6) is -3.12. The minimum atomic E-state index is -4.89. The third kappa shape index (κ3) is 8.90. The zero-order valence-corrected chi connectivity index (χ0v) is 16.1. The van der Waals surface area contributed by atoms with Crippen LogP contribution in [0.15, 0.2) is 24.3 Å². The molecule has 0 saturated heterocycles. The molecule has 0 radical (unpaired) electrons. The second-order valence-corrected chi connectivity index (χ2v) is 8.31. The van der Waals surface area contributed by atoms with Crippen LogP contribution in [0.1, 0.15) is 57.4 Å². The van der Waals surface area contributed by atoms with Gasteiger partial charge in [-0.05, 0) is 30.5 Å². The SMILES string of the molecule is CCCCCCCCc1ccc(NC(=O)[C@H](N)CC(F)P(=O)(O)O)cc1. The lowest BCUT2D eigenvalue weighted by atomic mass is 10.0. The van der Waals surface area contributed by atoms with Crippen LogP contribution in [0.5, 0.6) is 0 Å². The largest absolute Gasteiger partial charge is 0.359 e. The number of anilines is 1. The third-order valence-electron chi connectivity index (χ3n) is 4.19. The van der Waals surface area contributed by atoms with Crippen molar-refractivity contribution in [1.29, 1.82) is 0 Å². The summed E-state index contributed by atoms with van der Waals surface area (Å²) < 4.78 is 24.1. The Kier molecular flexibility index (Phi) is 10.0. The monoisotopic (exact) mass is 388 g/mol. The van der Waals surface area contributed by atoms with Crippen molar-refractivity contribution in [3.8, 4) is 0 Å². The molecule has 0 saturated carbocycles. The van der Waals surface area contributed by atoms with Gasteiger partial charge in [-0.3, -0.25) is 9.36 Å². The zero-order valence-electron chi connectivity index (χ0n) is 15.2. The molecule has 1 unspecified atom stereocenters. The van der Waals surface area contributed by atoms with E-state index >= 15 is 0 Å². The molecule has 0 heterocycles. The Morgan fingerprint density at radius 1 is 1.15 bits per heavy atom. The van der Waals surface area contributed by atoms with Gasteiger partial charge in [0.2, 0.25) is 11.8 Å². The molecule has 1 rings (SSSR count). The summed E-state index contributed by atoms with van der Waals surface area (Å²) in [6.07, 6.45) is 7.64. The molecule has 0 fully saturated rings. The summed E-state index contributed by atoms with van der Waals surface area (Å²) >= 11 is 0. The van der Waals surface area contributed by atoms with Crippen LogP contribution in [0.2, 0.25) is 0 Å². The van der Waals surface area contributed by atoms with Crippen molar-refractivity contribution in [1.82, 2.24) is 0 Å². The van der Waals surface area contributed by atoms with E-state index in [0.717, 1.165) is 12.8 Å². The van der Waals surface area contributed by atoms with E-state index in [1.54, 1.807) is 12.1 Å². The quantitative estimate of drug-likeness (QED) is 0.322. The number of carbonyl (C=O) groups excluding carboxylic acids is 1. The van der Waals surface area contributed by atoms with E-state index in [-0.39, 0.29) is 0 Å². The van der Waals surface area contributed by atoms with Crippen LogP contribution in [-0.4, -0.2) is 27.6 Å². The molecule has 8 heteroatoms. The molecule has 6 nitrogen and oxygen atoms in total. The Morgan fingerprint density at radius 2 is 1.73 bits per heavy atom. The van der Waals surface area contributed by atoms with Gasteiger partial charge in [-0.25, -0.2) is 4.39 Å². The van der Waals surface area contributed by atoms with Gasteiger partial charge in [0.1, 0.15) is 0 Å². The van der Waals surface area contributed by atoms with E-state index in [1.807, 2.05) is 12.1 Å². The maximum absolute atomic E-state index is 13.3. The van der Waals surface area contributed by atoms with Crippen molar-refractivity contribution in [2.75, 3.05) is 5.32 Å². The molecule has 0 spiro atoms. The standard InChI is InChI=1S/C18H30FN2O4P/c1-2-3-4-5-6-7-8-14-9-11-15(12-10-14)21-18(22)16(20)13-17(19)26(23,24)25/h9-12,16-17H,2-8,13,20H2,1H3,(H,21,22)(H2,23,24,25)/t16-,17?/m1/s1. The first-order valence-corrected chi connectivity index (χ1v) is 10.8. The number of hydrogen-bond donors (Lipinski definition) is 4. The molecule has 26 heavy (non-hydrogen) atoms. The van der Waals surface area contributed by atoms with Gasteiger partial charge in [0, 0.05) is 12.1 Å². The Bertz CT molecular complexity index is 591. The van der Waals surface area contributed by atoms with Gasteiger partial charge in [-0.15, -0.1) is 0 Å². The molecule has 148 valence electrons. The molecule has 0 aliphatic carbocycles. The van der Waals surface area contributed by atoms with Gasteiger partial charge in [-0.1, -0.05) is 51.2 Å². The molecule has 1 aromatic carbocycles. The molecule has 1 aromatic rings. The number of nitrogens with two attached hydrogens (primary N) is 1. The molecule has 0 aromatic heterocycles. The fourth-order valence-corrected chi connectivity index (χ4v) is 3.05. The maximum Gasteiger partial charge on any atom is 0.359 e. The van der Waals surface area contributed by atoms with E-state index in [0.29, 0.717) is 5.69 Å². The van der Waals surface area contributed by atoms with Crippen LogP contribution < -0.4 is 11.1 Å². The maximum atomic E-state index is 13.3. The smallest absolute Gasteiger partial charge is 0.325 e. The lowest BCUT2D eigenvalue weighted by molar-refractivity contribution is -0.117. The number of benzene rings is 1. The molecule has 2 atom stereocenters. The Balaban J connectivity index is 2.39. The van der Waals surface area contributed by atoms with Crippen molar-refractivity contribution in [2.24, 2.45) is 5.73 Å². The average Bonchev–Trinajstić information content (AvgIpc) is 2.58. The first kappa shape index (κ1) is 22.8. The minimum absolute atomic E-state index is 0.517. The highest BCUT2D eigenvalue weighted by molar-refractivity contribution is 7.52. The van der Waals surface area contributed by atoms with Crippen LogP contribution in [0, 0.1) is 0 Å². The van der Waals surface area contributed by atoms with Gasteiger partial charge in [0.25, 0.3) is 0 Å². The van der Waals surface area contributed by atoms with Gasteiger partial charge in [0.05, 0.1) is 6.04 Å². The molecular formula is C18H30FN2O4P. The van der Waals surface area contributed by atoms with Crippen LogP contribution >= 0.6 is 7.60 Å². The van der Waals surface area contributed by atoms with Gasteiger partial charge >= 0.3 is 7.60 Å². The summed E-state index contributed by atoms with van der Waals surface area (Å²) in [5, 5.41) is 2.53. The predicted molar refractivity (Wildman–Crippen MR) is 102 cm³/mol. The van der Waals surface area contributed by atoms with E-state index in [2.05, 4.69) is 12.2 Å². The molecule has 5 N–H and O–H groups in total. The van der Waals surface area contributed by atoms with E-state index < -0.39 is 31.9 Å². The van der Waals surface area contributed by atoms with Crippen molar-refractivity contribution < 1.29 is 23.5 Å².